The minimum atomic E-state index is -0.883. The molecular formula is C20H17BrN4O3S. The number of aliphatic carboxylic acids is 1. The molecular weight excluding hydrogens is 456 g/mol. The lowest BCUT2D eigenvalue weighted by molar-refractivity contribution is -0.136. The van der Waals surface area contributed by atoms with E-state index < -0.39 is 5.97 Å². The lowest BCUT2D eigenvalue weighted by Gasteiger charge is -2.22. The summed E-state index contributed by atoms with van der Waals surface area (Å²) in [5.41, 5.74) is 2.62. The third kappa shape index (κ3) is 4.35. The summed E-state index contributed by atoms with van der Waals surface area (Å²) in [6, 6.07) is 15.4. The SMILES string of the molecule is COc1ccc(C2=Nn3c(Cc4ccc(Br)cc4)nnc3SC2CC(=O)O)cc1. The number of rotatable bonds is 6. The predicted octanol–water partition coefficient (Wildman–Crippen LogP) is 3.84. The molecule has 0 amide bonds. The highest BCUT2D eigenvalue weighted by Crippen LogP contribution is 2.33. The van der Waals surface area contributed by atoms with Crippen LogP contribution in [0.4, 0.5) is 0 Å². The summed E-state index contributed by atoms with van der Waals surface area (Å²) in [4.78, 5) is 11.4. The zero-order valence-corrected chi connectivity index (χ0v) is 17.9. The van der Waals surface area contributed by atoms with Gasteiger partial charge in [-0.25, -0.2) is 0 Å². The second-order valence-corrected chi connectivity index (χ2v) is 8.52. The molecule has 2 aromatic carbocycles. The van der Waals surface area contributed by atoms with E-state index in [1.807, 2.05) is 48.5 Å². The molecule has 29 heavy (non-hydrogen) atoms. The van der Waals surface area contributed by atoms with Crippen molar-refractivity contribution < 1.29 is 14.6 Å². The predicted molar refractivity (Wildman–Crippen MR) is 114 cm³/mol. The fourth-order valence-corrected chi connectivity index (χ4v) is 4.40. The minimum absolute atomic E-state index is 0.0512. The Morgan fingerprint density at radius 2 is 1.90 bits per heavy atom. The summed E-state index contributed by atoms with van der Waals surface area (Å²) < 4.78 is 7.94. The summed E-state index contributed by atoms with van der Waals surface area (Å²) in [6.07, 6.45) is 0.522. The number of thioether (sulfide) groups is 1. The molecule has 1 unspecified atom stereocenters. The van der Waals surface area contributed by atoms with Crippen molar-refractivity contribution in [3.05, 3.63) is 70.0 Å². The van der Waals surface area contributed by atoms with E-state index in [2.05, 4.69) is 26.1 Å². The van der Waals surface area contributed by atoms with Crippen LogP contribution >= 0.6 is 27.7 Å². The summed E-state index contributed by atoms with van der Waals surface area (Å²) in [6.45, 7) is 0. The van der Waals surface area contributed by atoms with Gasteiger partial charge in [-0.15, -0.1) is 10.2 Å². The minimum Gasteiger partial charge on any atom is -0.497 e. The number of halogens is 1. The molecule has 4 rings (SSSR count). The zero-order valence-electron chi connectivity index (χ0n) is 15.4. The first kappa shape index (κ1) is 19.7. The van der Waals surface area contributed by atoms with E-state index in [-0.39, 0.29) is 11.7 Å². The van der Waals surface area contributed by atoms with Gasteiger partial charge in [-0.05, 0) is 47.5 Å². The normalized spacial score (nSPS) is 15.5. The van der Waals surface area contributed by atoms with Gasteiger partial charge in [0.1, 0.15) is 5.75 Å². The fourth-order valence-electron chi connectivity index (χ4n) is 3.02. The number of hydrogen-bond acceptors (Lipinski definition) is 6. The van der Waals surface area contributed by atoms with Gasteiger partial charge in [0.25, 0.3) is 0 Å². The molecule has 1 N–H and O–H groups in total. The number of benzene rings is 2. The lowest BCUT2D eigenvalue weighted by Crippen LogP contribution is -2.27. The van der Waals surface area contributed by atoms with Crippen molar-refractivity contribution in [3.8, 4) is 5.75 Å². The first-order chi connectivity index (χ1) is 14.0. The van der Waals surface area contributed by atoms with E-state index in [0.717, 1.165) is 21.3 Å². The maximum Gasteiger partial charge on any atom is 0.304 e. The van der Waals surface area contributed by atoms with Crippen molar-refractivity contribution in [1.29, 1.82) is 0 Å². The monoisotopic (exact) mass is 472 g/mol. The Balaban J connectivity index is 1.71. The van der Waals surface area contributed by atoms with Crippen LogP contribution < -0.4 is 4.74 Å². The Labute approximate surface area is 179 Å². The zero-order chi connectivity index (χ0) is 20.4. The van der Waals surface area contributed by atoms with Crippen LogP contribution in [0.3, 0.4) is 0 Å². The molecule has 1 atom stereocenters. The summed E-state index contributed by atoms with van der Waals surface area (Å²) in [5.74, 6) is 0.551. The van der Waals surface area contributed by atoms with E-state index in [9.17, 15) is 9.90 Å². The van der Waals surface area contributed by atoms with Gasteiger partial charge < -0.3 is 9.84 Å². The molecule has 7 nitrogen and oxygen atoms in total. The second-order valence-electron chi connectivity index (χ2n) is 6.43. The van der Waals surface area contributed by atoms with Gasteiger partial charge in [0.2, 0.25) is 5.16 Å². The summed E-state index contributed by atoms with van der Waals surface area (Å²) >= 11 is 4.81. The number of hydrogen-bond donors (Lipinski definition) is 1. The fraction of sp³-hybridized carbons (Fsp3) is 0.200. The molecule has 0 aliphatic carbocycles. The number of ether oxygens (including phenoxy) is 1. The Kier molecular flexibility index (Phi) is 5.68. The van der Waals surface area contributed by atoms with Crippen molar-refractivity contribution >= 4 is 39.4 Å². The number of fused-ring (bicyclic) bond motifs is 1. The molecule has 0 fully saturated rings. The third-order valence-electron chi connectivity index (χ3n) is 4.46. The number of aromatic nitrogens is 3. The van der Waals surface area contributed by atoms with Gasteiger partial charge in [-0.3, -0.25) is 4.79 Å². The Morgan fingerprint density at radius 3 is 2.55 bits per heavy atom. The highest BCUT2D eigenvalue weighted by Gasteiger charge is 2.30. The Morgan fingerprint density at radius 1 is 1.17 bits per heavy atom. The largest absolute Gasteiger partial charge is 0.497 e. The quantitative estimate of drug-likeness (QED) is 0.585. The second kappa shape index (κ2) is 8.38. The van der Waals surface area contributed by atoms with E-state index in [1.54, 1.807) is 11.8 Å². The van der Waals surface area contributed by atoms with Crippen LogP contribution in [0.15, 0.2) is 63.3 Å². The number of nitrogens with zero attached hydrogens (tertiary/aromatic N) is 4. The number of carbonyl (C=O) groups is 1. The Hall–Kier alpha value is -2.65. The Bertz CT molecular complexity index is 1060. The molecule has 0 bridgehead atoms. The molecule has 1 aliphatic heterocycles. The summed E-state index contributed by atoms with van der Waals surface area (Å²) in [7, 11) is 1.61. The van der Waals surface area contributed by atoms with Crippen molar-refractivity contribution in [1.82, 2.24) is 14.9 Å². The van der Waals surface area contributed by atoms with Crippen LogP contribution in [-0.4, -0.2) is 44.0 Å². The van der Waals surface area contributed by atoms with Crippen molar-refractivity contribution in [2.45, 2.75) is 23.2 Å². The average molecular weight is 473 g/mol. The highest BCUT2D eigenvalue weighted by atomic mass is 79.9. The van der Waals surface area contributed by atoms with E-state index in [0.29, 0.717) is 23.1 Å². The van der Waals surface area contributed by atoms with Gasteiger partial charge in [0, 0.05) is 10.9 Å². The van der Waals surface area contributed by atoms with Crippen molar-refractivity contribution in [2.24, 2.45) is 5.10 Å². The van der Waals surface area contributed by atoms with Crippen LogP contribution in [0.25, 0.3) is 0 Å². The van der Waals surface area contributed by atoms with Gasteiger partial charge in [-0.2, -0.15) is 9.78 Å². The molecule has 9 heteroatoms. The molecule has 1 aliphatic rings. The summed E-state index contributed by atoms with van der Waals surface area (Å²) in [5, 5.41) is 22.9. The molecule has 148 valence electrons. The molecule has 2 heterocycles. The topological polar surface area (TPSA) is 89.6 Å². The molecule has 0 saturated heterocycles. The molecule has 0 radical (unpaired) electrons. The van der Waals surface area contributed by atoms with Gasteiger partial charge >= 0.3 is 5.97 Å². The molecule has 0 saturated carbocycles. The third-order valence-corrected chi connectivity index (χ3v) is 6.13. The number of carboxylic acids is 1. The molecule has 0 spiro atoms. The molecule has 3 aromatic rings. The van der Waals surface area contributed by atoms with Gasteiger partial charge in [0.15, 0.2) is 5.82 Å². The average Bonchev–Trinajstić information content (AvgIpc) is 3.10. The van der Waals surface area contributed by atoms with Crippen molar-refractivity contribution in [3.63, 3.8) is 0 Å². The highest BCUT2D eigenvalue weighted by molar-refractivity contribution is 9.10. The first-order valence-corrected chi connectivity index (χ1v) is 10.5. The first-order valence-electron chi connectivity index (χ1n) is 8.84. The van der Waals surface area contributed by atoms with Crippen molar-refractivity contribution in [2.75, 3.05) is 7.11 Å². The maximum absolute atomic E-state index is 11.4. The van der Waals surface area contributed by atoms with E-state index in [4.69, 9.17) is 9.84 Å². The van der Waals surface area contributed by atoms with Crippen LogP contribution in [-0.2, 0) is 11.2 Å². The lowest BCUT2D eigenvalue weighted by atomic mass is 10.0. The van der Waals surface area contributed by atoms with E-state index >= 15 is 0 Å². The van der Waals surface area contributed by atoms with Gasteiger partial charge in [-0.1, -0.05) is 39.8 Å². The van der Waals surface area contributed by atoms with E-state index in [1.165, 1.54) is 11.8 Å². The number of methoxy groups -OCH3 is 1. The molecule has 1 aromatic heterocycles. The van der Waals surface area contributed by atoms with Crippen LogP contribution in [0, 0.1) is 0 Å². The van der Waals surface area contributed by atoms with Crippen LogP contribution in [0.1, 0.15) is 23.4 Å². The standard InChI is InChI=1S/C20H17BrN4O3S/c1-28-15-8-4-13(5-9-15)19-16(11-18(26)27)29-20-23-22-17(25(20)24-19)10-12-2-6-14(21)7-3-12/h2-9,16H,10-11H2,1H3,(H,26,27). The number of carboxylic acid groups (broad SMARTS) is 1. The maximum atomic E-state index is 11.4. The van der Waals surface area contributed by atoms with Crippen LogP contribution in [0.5, 0.6) is 5.75 Å². The van der Waals surface area contributed by atoms with Crippen LogP contribution in [0.2, 0.25) is 0 Å². The smallest absolute Gasteiger partial charge is 0.304 e. The van der Waals surface area contributed by atoms with Gasteiger partial charge in [0.05, 0.1) is 24.5 Å².